The molecule has 2 aromatic rings. The molecule has 0 radical (unpaired) electrons. The van der Waals surface area contributed by atoms with Crippen LogP contribution in [0.1, 0.15) is 24.0 Å². The summed E-state index contributed by atoms with van der Waals surface area (Å²) in [5.41, 5.74) is 1.92. The molecule has 0 saturated carbocycles. The van der Waals surface area contributed by atoms with Crippen molar-refractivity contribution >= 4 is 20.0 Å². The van der Waals surface area contributed by atoms with Crippen LogP contribution in [0.5, 0.6) is 0 Å². The van der Waals surface area contributed by atoms with Gasteiger partial charge in [-0.3, -0.25) is 0 Å². The van der Waals surface area contributed by atoms with Gasteiger partial charge in [0.15, 0.2) is 0 Å². The molecule has 0 aromatic heterocycles. The number of allylic oxidation sites excluding steroid dienone is 1. The normalized spacial score (nSPS) is 20.2. The van der Waals surface area contributed by atoms with Crippen molar-refractivity contribution in [3.63, 3.8) is 0 Å². The molecular weight excluding hydrogens is 396 g/mol. The summed E-state index contributed by atoms with van der Waals surface area (Å²) >= 11 is 0. The molecular formula is C20H24N2O4S2. The number of aryl methyl sites for hydroxylation is 2. The third kappa shape index (κ3) is 4.88. The molecule has 0 amide bonds. The number of rotatable bonds is 6. The molecule has 0 fully saturated rings. The highest BCUT2D eigenvalue weighted by Crippen LogP contribution is 2.19. The zero-order valence-corrected chi connectivity index (χ0v) is 17.4. The molecule has 0 bridgehead atoms. The minimum atomic E-state index is -3.77. The Bertz CT molecular complexity index is 1060. The number of hydrogen-bond acceptors (Lipinski definition) is 4. The molecule has 0 spiro atoms. The highest BCUT2D eigenvalue weighted by molar-refractivity contribution is 7.90. The summed E-state index contributed by atoms with van der Waals surface area (Å²) in [4.78, 5) is 0.310. The van der Waals surface area contributed by atoms with Crippen molar-refractivity contribution in [2.24, 2.45) is 0 Å². The van der Waals surface area contributed by atoms with E-state index in [4.69, 9.17) is 0 Å². The molecule has 3 rings (SSSR count). The first-order valence-corrected chi connectivity index (χ1v) is 12.0. The summed E-state index contributed by atoms with van der Waals surface area (Å²) in [5.74, 6) is 0. The molecule has 2 aromatic carbocycles. The molecule has 150 valence electrons. The average molecular weight is 421 g/mol. The van der Waals surface area contributed by atoms with Gasteiger partial charge in [0.2, 0.25) is 20.0 Å². The van der Waals surface area contributed by atoms with Gasteiger partial charge >= 0.3 is 0 Å². The van der Waals surface area contributed by atoms with Crippen molar-refractivity contribution in [3.8, 4) is 0 Å². The fourth-order valence-electron chi connectivity index (χ4n) is 3.04. The summed E-state index contributed by atoms with van der Waals surface area (Å²) in [7, 11) is -7.53. The van der Waals surface area contributed by atoms with Crippen LogP contribution in [-0.2, 0) is 20.0 Å². The van der Waals surface area contributed by atoms with Gasteiger partial charge in [0.05, 0.1) is 15.8 Å². The zero-order valence-electron chi connectivity index (χ0n) is 15.8. The Morgan fingerprint density at radius 3 is 1.71 bits per heavy atom. The standard InChI is InChI=1S/C20H24N2O4S2/c1-15-7-11-17(12-8-15)27(23,24)21-19-5-3-4-6-20(19)22-28(25,26)18-13-9-16(2)10-14-18/h3,5,7-14,19-22H,4,6H2,1-2H3. The zero-order chi connectivity index (χ0) is 20.4. The number of sulfonamides is 2. The van der Waals surface area contributed by atoms with Crippen molar-refractivity contribution in [1.29, 1.82) is 0 Å². The Hall–Kier alpha value is -2.00. The Kier molecular flexibility index (Phi) is 6.04. The first-order valence-electron chi connectivity index (χ1n) is 9.02. The number of hydrogen-bond donors (Lipinski definition) is 2. The van der Waals surface area contributed by atoms with Crippen LogP contribution < -0.4 is 9.44 Å². The second-order valence-electron chi connectivity index (χ2n) is 7.01. The van der Waals surface area contributed by atoms with E-state index < -0.39 is 32.1 Å². The monoisotopic (exact) mass is 420 g/mol. The highest BCUT2D eigenvalue weighted by atomic mass is 32.2. The Morgan fingerprint density at radius 2 is 1.21 bits per heavy atom. The molecule has 0 saturated heterocycles. The maximum Gasteiger partial charge on any atom is 0.241 e. The highest BCUT2D eigenvalue weighted by Gasteiger charge is 2.30. The van der Waals surface area contributed by atoms with Crippen molar-refractivity contribution in [2.75, 3.05) is 0 Å². The van der Waals surface area contributed by atoms with Gasteiger partial charge in [-0.05, 0) is 51.0 Å². The van der Waals surface area contributed by atoms with Gasteiger partial charge in [0, 0.05) is 6.04 Å². The van der Waals surface area contributed by atoms with Crippen molar-refractivity contribution in [3.05, 3.63) is 71.8 Å². The minimum absolute atomic E-state index is 0.150. The van der Waals surface area contributed by atoms with Crippen LogP contribution in [0, 0.1) is 13.8 Å². The second-order valence-corrected chi connectivity index (χ2v) is 10.4. The lowest BCUT2D eigenvalue weighted by Gasteiger charge is -2.29. The van der Waals surface area contributed by atoms with Crippen LogP contribution in [0.15, 0.2) is 70.5 Å². The fraction of sp³-hybridized carbons (Fsp3) is 0.300. The molecule has 2 atom stereocenters. The van der Waals surface area contributed by atoms with Gasteiger partial charge in [0.25, 0.3) is 0 Å². The lowest BCUT2D eigenvalue weighted by molar-refractivity contribution is 0.457. The lowest BCUT2D eigenvalue weighted by atomic mass is 9.99. The van der Waals surface area contributed by atoms with Crippen LogP contribution in [0.4, 0.5) is 0 Å². The van der Waals surface area contributed by atoms with E-state index in [2.05, 4.69) is 9.44 Å². The smallest absolute Gasteiger partial charge is 0.207 e. The molecule has 0 heterocycles. The van der Waals surface area contributed by atoms with Gasteiger partial charge in [-0.2, -0.15) is 0 Å². The van der Waals surface area contributed by atoms with Gasteiger partial charge in [-0.15, -0.1) is 0 Å². The third-order valence-corrected chi connectivity index (χ3v) is 7.66. The Labute approximate surface area is 166 Å². The maximum atomic E-state index is 12.7. The largest absolute Gasteiger partial charge is 0.241 e. The fourth-order valence-corrected chi connectivity index (χ4v) is 5.56. The van der Waals surface area contributed by atoms with Crippen LogP contribution in [0.25, 0.3) is 0 Å². The summed E-state index contributed by atoms with van der Waals surface area (Å²) in [5, 5.41) is 0. The third-order valence-electron chi connectivity index (χ3n) is 4.68. The summed E-state index contributed by atoms with van der Waals surface area (Å²) in [6.45, 7) is 3.76. The summed E-state index contributed by atoms with van der Waals surface area (Å²) in [6, 6.07) is 11.8. The van der Waals surface area contributed by atoms with Crippen LogP contribution in [-0.4, -0.2) is 28.9 Å². The van der Waals surface area contributed by atoms with Gasteiger partial charge < -0.3 is 0 Å². The predicted molar refractivity (Wildman–Crippen MR) is 109 cm³/mol. The maximum absolute atomic E-state index is 12.7. The van der Waals surface area contributed by atoms with Crippen LogP contribution >= 0.6 is 0 Å². The first-order chi connectivity index (χ1) is 13.2. The molecule has 6 nitrogen and oxygen atoms in total. The molecule has 1 aliphatic carbocycles. The molecule has 8 heteroatoms. The van der Waals surface area contributed by atoms with Crippen LogP contribution in [0.2, 0.25) is 0 Å². The summed E-state index contributed by atoms with van der Waals surface area (Å²) in [6.07, 6.45) is 4.74. The second kappa shape index (κ2) is 8.16. The van der Waals surface area contributed by atoms with Crippen molar-refractivity contribution in [1.82, 2.24) is 9.44 Å². The van der Waals surface area contributed by atoms with Gasteiger partial charge in [0.1, 0.15) is 0 Å². The van der Waals surface area contributed by atoms with Crippen molar-refractivity contribution < 1.29 is 16.8 Å². The van der Waals surface area contributed by atoms with E-state index in [-0.39, 0.29) is 9.79 Å². The van der Waals surface area contributed by atoms with E-state index in [1.807, 2.05) is 19.9 Å². The van der Waals surface area contributed by atoms with Gasteiger partial charge in [-0.1, -0.05) is 47.5 Å². The minimum Gasteiger partial charge on any atom is -0.207 e. The summed E-state index contributed by atoms with van der Waals surface area (Å²) < 4.78 is 56.1. The first kappa shape index (κ1) is 20.7. The Balaban J connectivity index is 1.80. The molecule has 1 aliphatic rings. The predicted octanol–water partition coefficient (Wildman–Crippen LogP) is 2.65. The SMILES string of the molecule is Cc1ccc(S(=O)(=O)NC2C=CCCC2NS(=O)(=O)c2ccc(C)cc2)cc1. The van der Waals surface area contributed by atoms with E-state index in [0.717, 1.165) is 11.1 Å². The molecule has 0 aliphatic heterocycles. The van der Waals surface area contributed by atoms with Crippen LogP contribution in [0.3, 0.4) is 0 Å². The molecule has 28 heavy (non-hydrogen) atoms. The van der Waals surface area contributed by atoms with Crippen molar-refractivity contribution in [2.45, 2.75) is 48.6 Å². The average Bonchev–Trinajstić information content (AvgIpc) is 2.64. The Morgan fingerprint density at radius 1 is 0.750 bits per heavy atom. The van der Waals surface area contributed by atoms with E-state index in [1.165, 1.54) is 12.1 Å². The number of nitrogens with one attached hydrogen (secondary N) is 2. The topological polar surface area (TPSA) is 92.3 Å². The quantitative estimate of drug-likeness (QED) is 0.703. The van der Waals surface area contributed by atoms with E-state index in [1.54, 1.807) is 42.5 Å². The van der Waals surface area contributed by atoms with E-state index in [9.17, 15) is 16.8 Å². The van der Waals surface area contributed by atoms with E-state index in [0.29, 0.717) is 12.8 Å². The van der Waals surface area contributed by atoms with E-state index >= 15 is 0 Å². The lowest BCUT2D eigenvalue weighted by Crippen LogP contribution is -2.51. The molecule has 2 unspecified atom stereocenters. The molecule has 2 N–H and O–H groups in total. The number of benzene rings is 2. The van der Waals surface area contributed by atoms with Gasteiger partial charge in [-0.25, -0.2) is 26.3 Å².